The minimum atomic E-state index is -3.58. The molecule has 1 saturated heterocycles. The standard InChI is InChI=1S/C20H22N2O4S/c1-26-20(23)11-10-17-6-5-9-19(16-17)27(24,25)22-14-12-21(13-15-22)18-7-3-2-4-8-18/h2-11,16H,12-15H2,1H3. The van der Waals surface area contributed by atoms with Gasteiger partial charge >= 0.3 is 5.97 Å². The molecule has 27 heavy (non-hydrogen) atoms. The Hall–Kier alpha value is -2.64. The van der Waals surface area contributed by atoms with Gasteiger partial charge in [-0.15, -0.1) is 0 Å². The van der Waals surface area contributed by atoms with E-state index in [2.05, 4.69) is 9.64 Å². The van der Waals surface area contributed by atoms with Crippen molar-refractivity contribution in [2.75, 3.05) is 38.2 Å². The molecule has 0 N–H and O–H groups in total. The zero-order valence-corrected chi connectivity index (χ0v) is 15.9. The lowest BCUT2D eigenvalue weighted by Crippen LogP contribution is -2.48. The third-order valence-corrected chi connectivity index (χ3v) is 6.36. The number of carbonyl (C=O) groups excluding carboxylic acids is 1. The van der Waals surface area contributed by atoms with E-state index in [0.717, 1.165) is 5.69 Å². The third kappa shape index (κ3) is 4.56. The molecule has 142 valence electrons. The average Bonchev–Trinajstić information content (AvgIpc) is 2.73. The number of nitrogens with zero attached hydrogens (tertiary/aromatic N) is 2. The largest absolute Gasteiger partial charge is 0.466 e. The number of hydrogen-bond donors (Lipinski definition) is 0. The molecule has 1 fully saturated rings. The Bertz CT molecular complexity index is 918. The Morgan fingerprint density at radius 1 is 1.00 bits per heavy atom. The number of hydrogen-bond acceptors (Lipinski definition) is 5. The van der Waals surface area contributed by atoms with E-state index >= 15 is 0 Å². The van der Waals surface area contributed by atoms with Crippen LogP contribution >= 0.6 is 0 Å². The van der Waals surface area contributed by atoms with E-state index in [4.69, 9.17) is 0 Å². The van der Waals surface area contributed by atoms with Crippen molar-refractivity contribution < 1.29 is 17.9 Å². The van der Waals surface area contributed by atoms with Crippen molar-refractivity contribution in [2.24, 2.45) is 0 Å². The van der Waals surface area contributed by atoms with Crippen molar-refractivity contribution in [1.29, 1.82) is 0 Å². The fraction of sp³-hybridized carbons (Fsp3) is 0.250. The van der Waals surface area contributed by atoms with E-state index in [1.807, 2.05) is 30.3 Å². The number of ether oxygens (including phenoxy) is 1. The summed E-state index contributed by atoms with van der Waals surface area (Å²) >= 11 is 0. The van der Waals surface area contributed by atoms with E-state index in [0.29, 0.717) is 31.7 Å². The molecular formula is C20H22N2O4S. The molecule has 0 saturated carbocycles. The van der Waals surface area contributed by atoms with Crippen molar-refractivity contribution in [2.45, 2.75) is 4.90 Å². The first-order valence-electron chi connectivity index (χ1n) is 8.67. The monoisotopic (exact) mass is 386 g/mol. The number of benzene rings is 2. The van der Waals surface area contributed by atoms with Gasteiger partial charge in [0.2, 0.25) is 10.0 Å². The molecular weight excluding hydrogens is 364 g/mol. The predicted molar refractivity (Wildman–Crippen MR) is 105 cm³/mol. The molecule has 0 aromatic heterocycles. The van der Waals surface area contributed by atoms with Crippen molar-refractivity contribution in [3.63, 3.8) is 0 Å². The van der Waals surface area contributed by atoms with Gasteiger partial charge < -0.3 is 9.64 Å². The molecule has 0 aliphatic carbocycles. The van der Waals surface area contributed by atoms with Crippen LogP contribution in [-0.2, 0) is 19.6 Å². The topological polar surface area (TPSA) is 66.9 Å². The van der Waals surface area contributed by atoms with Crippen LogP contribution in [0.2, 0.25) is 0 Å². The fourth-order valence-electron chi connectivity index (χ4n) is 2.99. The van der Waals surface area contributed by atoms with Gasteiger partial charge in [0.05, 0.1) is 12.0 Å². The minimum absolute atomic E-state index is 0.225. The van der Waals surface area contributed by atoms with Gasteiger partial charge in [-0.1, -0.05) is 30.3 Å². The zero-order chi connectivity index (χ0) is 19.3. The van der Waals surface area contributed by atoms with Crippen LogP contribution in [0, 0.1) is 0 Å². The fourth-order valence-corrected chi connectivity index (χ4v) is 4.46. The van der Waals surface area contributed by atoms with Gasteiger partial charge in [0.25, 0.3) is 0 Å². The van der Waals surface area contributed by atoms with Crippen molar-refractivity contribution in [3.05, 3.63) is 66.2 Å². The Labute approximate surface area is 159 Å². The highest BCUT2D eigenvalue weighted by Gasteiger charge is 2.28. The number of methoxy groups -OCH3 is 1. The molecule has 0 radical (unpaired) electrons. The number of sulfonamides is 1. The Morgan fingerprint density at radius 3 is 2.37 bits per heavy atom. The lowest BCUT2D eigenvalue weighted by molar-refractivity contribution is -0.134. The lowest BCUT2D eigenvalue weighted by Gasteiger charge is -2.35. The molecule has 2 aromatic rings. The van der Waals surface area contributed by atoms with E-state index in [-0.39, 0.29) is 4.90 Å². The van der Waals surface area contributed by atoms with Crippen LogP contribution in [0.3, 0.4) is 0 Å². The Morgan fingerprint density at radius 2 is 1.70 bits per heavy atom. The molecule has 0 amide bonds. The number of esters is 1. The summed E-state index contributed by atoms with van der Waals surface area (Å²) in [6.07, 6.45) is 2.81. The van der Waals surface area contributed by atoms with Crippen LogP contribution in [0.25, 0.3) is 6.08 Å². The van der Waals surface area contributed by atoms with Gasteiger partial charge in [-0.25, -0.2) is 13.2 Å². The normalized spacial score (nSPS) is 15.8. The summed E-state index contributed by atoms with van der Waals surface area (Å²) in [6, 6.07) is 16.5. The summed E-state index contributed by atoms with van der Waals surface area (Å²) in [5.41, 5.74) is 1.73. The summed E-state index contributed by atoms with van der Waals surface area (Å²) in [4.78, 5) is 13.6. The van der Waals surface area contributed by atoms with Gasteiger partial charge in [0.1, 0.15) is 0 Å². The van der Waals surface area contributed by atoms with Crippen LogP contribution in [0.4, 0.5) is 5.69 Å². The molecule has 3 rings (SSSR count). The zero-order valence-electron chi connectivity index (χ0n) is 15.1. The molecule has 0 spiro atoms. The second-order valence-corrected chi connectivity index (χ2v) is 8.09. The van der Waals surface area contributed by atoms with E-state index in [1.165, 1.54) is 23.6 Å². The van der Waals surface area contributed by atoms with Crippen molar-refractivity contribution in [3.8, 4) is 0 Å². The number of piperazine rings is 1. The smallest absolute Gasteiger partial charge is 0.330 e. The molecule has 6 nitrogen and oxygen atoms in total. The van der Waals surface area contributed by atoms with Crippen LogP contribution < -0.4 is 4.90 Å². The van der Waals surface area contributed by atoms with Crippen LogP contribution in [-0.4, -0.2) is 52.0 Å². The molecule has 0 atom stereocenters. The third-order valence-electron chi connectivity index (χ3n) is 4.47. The first-order valence-corrected chi connectivity index (χ1v) is 10.1. The lowest BCUT2D eigenvalue weighted by atomic mass is 10.2. The molecule has 1 aliphatic heterocycles. The quantitative estimate of drug-likeness (QED) is 0.583. The first-order chi connectivity index (χ1) is 13.0. The summed E-state index contributed by atoms with van der Waals surface area (Å²) in [7, 11) is -2.28. The maximum absolute atomic E-state index is 13.0. The maximum atomic E-state index is 13.0. The number of carbonyl (C=O) groups is 1. The van der Waals surface area contributed by atoms with E-state index in [1.54, 1.807) is 24.3 Å². The molecule has 0 bridgehead atoms. The molecule has 0 unspecified atom stereocenters. The van der Waals surface area contributed by atoms with Gasteiger partial charge in [0, 0.05) is 37.9 Å². The Balaban J connectivity index is 1.72. The summed E-state index contributed by atoms with van der Waals surface area (Å²) in [5.74, 6) is -0.486. The molecule has 2 aromatic carbocycles. The van der Waals surface area contributed by atoms with Crippen LogP contribution in [0.1, 0.15) is 5.56 Å². The summed E-state index contributed by atoms with van der Waals surface area (Å²) < 4.78 is 32.0. The van der Waals surface area contributed by atoms with Crippen molar-refractivity contribution in [1.82, 2.24) is 4.31 Å². The number of rotatable bonds is 5. The van der Waals surface area contributed by atoms with Gasteiger partial charge in [0.15, 0.2) is 0 Å². The SMILES string of the molecule is COC(=O)C=Cc1cccc(S(=O)(=O)N2CCN(c3ccccc3)CC2)c1. The highest BCUT2D eigenvalue weighted by molar-refractivity contribution is 7.89. The van der Waals surface area contributed by atoms with E-state index < -0.39 is 16.0 Å². The predicted octanol–water partition coefficient (Wildman–Crippen LogP) is 2.38. The number of anilines is 1. The summed E-state index contributed by atoms with van der Waals surface area (Å²) in [6.45, 7) is 2.15. The molecule has 1 aliphatic rings. The molecule has 7 heteroatoms. The van der Waals surface area contributed by atoms with Crippen molar-refractivity contribution >= 4 is 27.8 Å². The maximum Gasteiger partial charge on any atom is 0.330 e. The number of para-hydroxylation sites is 1. The molecule has 1 heterocycles. The first kappa shape index (κ1) is 19.1. The Kier molecular flexibility index (Phi) is 5.93. The summed E-state index contributed by atoms with van der Waals surface area (Å²) in [5, 5.41) is 0. The van der Waals surface area contributed by atoms with Gasteiger partial charge in [-0.05, 0) is 35.9 Å². The van der Waals surface area contributed by atoms with Crippen LogP contribution in [0.15, 0.2) is 65.6 Å². The highest BCUT2D eigenvalue weighted by Crippen LogP contribution is 2.22. The van der Waals surface area contributed by atoms with Crippen LogP contribution in [0.5, 0.6) is 0 Å². The van der Waals surface area contributed by atoms with Gasteiger partial charge in [-0.2, -0.15) is 4.31 Å². The average molecular weight is 386 g/mol. The highest BCUT2D eigenvalue weighted by atomic mass is 32.2. The van der Waals surface area contributed by atoms with Gasteiger partial charge in [-0.3, -0.25) is 0 Å². The second kappa shape index (κ2) is 8.37. The van der Waals surface area contributed by atoms with E-state index in [9.17, 15) is 13.2 Å². The minimum Gasteiger partial charge on any atom is -0.466 e. The second-order valence-electron chi connectivity index (χ2n) is 6.16.